The highest BCUT2D eigenvalue weighted by molar-refractivity contribution is 6.39. The maximum Gasteiger partial charge on any atom is 0.130 e. The molecule has 0 atom stereocenters. The minimum Gasteiger partial charge on any atom is -0.397 e. The molecule has 6 heteroatoms. The van der Waals surface area contributed by atoms with E-state index in [2.05, 4.69) is 10.3 Å². The van der Waals surface area contributed by atoms with Crippen molar-refractivity contribution in [1.82, 2.24) is 4.98 Å². The van der Waals surface area contributed by atoms with Gasteiger partial charge < -0.3 is 11.1 Å². The molecule has 0 bridgehead atoms. The van der Waals surface area contributed by atoms with Crippen molar-refractivity contribution in [3.63, 3.8) is 0 Å². The van der Waals surface area contributed by atoms with Crippen LogP contribution in [-0.4, -0.2) is 4.98 Å². The first-order chi connectivity index (χ1) is 8.47. The lowest BCUT2D eigenvalue weighted by Crippen LogP contribution is -1.99. The van der Waals surface area contributed by atoms with Gasteiger partial charge in [0.1, 0.15) is 11.6 Å². The third-order valence-electron chi connectivity index (χ3n) is 2.39. The lowest BCUT2D eigenvalue weighted by molar-refractivity contribution is 0.628. The molecule has 1 aromatic heterocycles. The third kappa shape index (κ3) is 2.66. The lowest BCUT2D eigenvalue weighted by atomic mass is 10.3. The second kappa shape index (κ2) is 5.00. The van der Waals surface area contributed by atoms with Crippen LogP contribution in [0.5, 0.6) is 0 Å². The predicted octanol–water partition coefficient (Wildman–Crippen LogP) is 4.16. The molecule has 0 aliphatic carbocycles. The average molecular weight is 286 g/mol. The van der Waals surface area contributed by atoms with Gasteiger partial charge in [0.2, 0.25) is 0 Å². The predicted molar refractivity (Wildman–Crippen MR) is 73.1 cm³/mol. The van der Waals surface area contributed by atoms with Crippen LogP contribution in [0.2, 0.25) is 10.0 Å². The molecule has 94 valence electrons. The minimum absolute atomic E-state index is 0.191. The first-order valence-corrected chi connectivity index (χ1v) is 5.87. The van der Waals surface area contributed by atoms with Gasteiger partial charge in [0.25, 0.3) is 0 Å². The van der Waals surface area contributed by atoms with Crippen LogP contribution in [0.4, 0.5) is 21.6 Å². The third-order valence-corrected chi connectivity index (χ3v) is 2.98. The standard InChI is InChI=1S/C12H10Cl2FN3/c1-6-10(16)2-3-11(17-6)18-12-8(13)4-7(15)5-9(12)14/h2-5H,16H2,1H3,(H,17,18). The summed E-state index contributed by atoms with van der Waals surface area (Å²) in [6.45, 7) is 1.79. The number of pyridine rings is 1. The number of aromatic nitrogens is 1. The zero-order valence-corrected chi connectivity index (χ0v) is 11.0. The van der Waals surface area contributed by atoms with E-state index < -0.39 is 5.82 Å². The number of hydrogen-bond acceptors (Lipinski definition) is 3. The van der Waals surface area contributed by atoms with Crippen molar-refractivity contribution in [2.24, 2.45) is 0 Å². The monoisotopic (exact) mass is 285 g/mol. The largest absolute Gasteiger partial charge is 0.397 e. The van der Waals surface area contributed by atoms with Crippen LogP contribution in [0.25, 0.3) is 0 Å². The van der Waals surface area contributed by atoms with Crippen molar-refractivity contribution in [2.45, 2.75) is 6.92 Å². The summed E-state index contributed by atoms with van der Waals surface area (Å²) >= 11 is 11.8. The van der Waals surface area contributed by atoms with Crippen LogP contribution in [0.1, 0.15) is 5.69 Å². The van der Waals surface area contributed by atoms with Gasteiger partial charge in [-0.2, -0.15) is 0 Å². The molecule has 2 rings (SSSR count). The molecule has 0 saturated carbocycles. The van der Waals surface area contributed by atoms with Gasteiger partial charge in [0, 0.05) is 0 Å². The zero-order valence-electron chi connectivity index (χ0n) is 9.47. The van der Waals surface area contributed by atoms with Gasteiger partial charge in [-0.3, -0.25) is 0 Å². The van der Waals surface area contributed by atoms with E-state index >= 15 is 0 Å². The van der Waals surface area contributed by atoms with E-state index in [0.717, 1.165) is 0 Å². The van der Waals surface area contributed by atoms with Crippen molar-refractivity contribution in [3.05, 3.63) is 45.8 Å². The van der Waals surface area contributed by atoms with Crippen molar-refractivity contribution < 1.29 is 4.39 Å². The Morgan fingerprint density at radius 1 is 1.22 bits per heavy atom. The van der Waals surface area contributed by atoms with Gasteiger partial charge in [0.05, 0.1) is 27.1 Å². The van der Waals surface area contributed by atoms with Crippen LogP contribution in [-0.2, 0) is 0 Å². The number of benzene rings is 1. The van der Waals surface area contributed by atoms with Crippen LogP contribution in [0, 0.1) is 12.7 Å². The Morgan fingerprint density at radius 2 is 1.83 bits per heavy atom. The molecule has 0 spiro atoms. The molecule has 3 N–H and O–H groups in total. The summed E-state index contributed by atoms with van der Waals surface area (Å²) in [4.78, 5) is 4.23. The number of nitrogens with zero attached hydrogens (tertiary/aromatic N) is 1. The quantitative estimate of drug-likeness (QED) is 0.871. The Bertz CT molecular complexity index is 579. The first-order valence-electron chi connectivity index (χ1n) is 5.12. The van der Waals surface area contributed by atoms with Crippen LogP contribution in [0.15, 0.2) is 24.3 Å². The highest BCUT2D eigenvalue weighted by Gasteiger charge is 2.09. The molecule has 0 amide bonds. The van der Waals surface area contributed by atoms with Crippen molar-refractivity contribution >= 4 is 40.4 Å². The number of anilines is 3. The normalized spacial score (nSPS) is 10.4. The van der Waals surface area contributed by atoms with Crippen molar-refractivity contribution in [3.8, 4) is 0 Å². The first kappa shape index (κ1) is 12.9. The molecule has 1 aromatic carbocycles. The molecule has 0 radical (unpaired) electrons. The van der Waals surface area contributed by atoms with E-state index in [-0.39, 0.29) is 10.0 Å². The highest BCUT2D eigenvalue weighted by atomic mass is 35.5. The topological polar surface area (TPSA) is 50.9 Å². The van der Waals surface area contributed by atoms with Gasteiger partial charge in [-0.05, 0) is 31.2 Å². The molecule has 0 fully saturated rings. The smallest absolute Gasteiger partial charge is 0.130 e. The summed E-state index contributed by atoms with van der Waals surface area (Å²) in [5, 5.41) is 3.32. The number of rotatable bonds is 2. The maximum absolute atomic E-state index is 13.0. The fourth-order valence-electron chi connectivity index (χ4n) is 1.43. The number of halogens is 3. The summed E-state index contributed by atoms with van der Waals surface area (Å²) in [5.74, 6) is 0.0501. The fourth-order valence-corrected chi connectivity index (χ4v) is 1.99. The summed E-state index contributed by atoms with van der Waals surface area (Å²) in [5.41, 5.74) is 7.37. The molecule has 0 saturated heterocycles. The van der Waals surface area contributed by atoms with Gasteiger partial charge in [-0.15, -0.1) is 0 Å². The molecule has 1 heterocycles. The number of nitrogen functional groups attached to an aromatic ring is 1. The lowest BCUT2D eigenvalue weighted by Gasteiger charge is -2.11. The Labute approximate surface area is 114 Å². The maximum atomic E-state index is 13.0. The molecular formula is C12H10Cl2FN3. The van der Waals surface area contributed by atoms with E-state index in [1.165, 1.54) is 12.1 Å². The zero-order chi connectivity index (χ0) is 13.3. The number of nitrogens with one attached hydrogen (secondary N) is 1. The van der Waals surface area contributed by atoms with Gasteiger partial charge in [0.15, 0.2) is 0 Å². The van der Waals surface area contributed by atoms with E-state index in [9.17, 15) is 4.39 Å². The molecule has 0 aliphatic heterocycles. The van der Waals surface area contributed by atoms with Gasteiger partial charge in [-0.1, -0.05) is 23.2 Å². The van der Waals surface area contributed by atoms with E-state index in [0.29, 0.717) is 22.9 Å². The Balaban J connectivity index is 2.37. The van der Waals surface area contributed by atoms with Crippen molar-refractivity contribution in [2.75, 3.05) is 11.1 Å². The number of aryl methyl sites for hydroxylation is 1. The molecule has 18 heavy (non-hydrogen) atoms. The van der Waals surface area contributed by atoms with E-state index in [1.54, 1.807) is 19.1 Å². The summed E-state index contributed by atoms with van der Waals surface area (Å²) in [6, 6.07) is 5.77. The molecular weight excluding hydrogens is 276 g/mol. The molecule has 0 aliphatic rings. The van der Waals surface area contributed by atoms with Gasteiger partial charge in [-0.25, -0.2) is 9.37 Å². The molecule has 2 aromatic rings. The van der Waals surface area contributed by atoms with E-state index in [1.807, 2.05) is 0 Å². The fraction of sp³-hybridized carbons (Fsp3) is 0.0833. The summed E-state index contributed by atoms with van der Waals surface area (Å²) in [7, 11) is 0. The molecule has 3 nitrogen and oxygen atoms in total. The SMILES string of the molecule is Cc1nc(Nc2c(Cl)cc(F)cc2Cl)ccc1N. The number of hydrogen-bond donors (Lipinski definition) is 2. The Kier molecular flexibility index (Phi) is 3.59. The van der Waals surface area contributed by atoms with Crippen molar-refractivity contribution in [1.29, 1.82) is 0 Å². The van der Waals surface area contributed by atoms with E-state index in [4.69, 9.17) is 28.9 Å². The molecule has 0 unspecified atom stereocenters. The Morgan fingerprint density at radius 3 is 2.39 bits per heavy atom. The number of nitrogens with two attached hydrogens (primary N) is 1. The Hall–Kier alpha value is -1.52. The van der Waals surface area contributed by atoms with Crippen LogP contribution >= 0.6 is 23.2 Å². The van der Waals surface area contributed by atoms with Crippen LogP contribution in [0.3, 0.4) is 0 Å². The van der Waals surface area contributed by atoms with Gasteiger partial charge >= 0.3 is 0 Å². The van der Waals surface area contributed by atoms with Crippen LogP contribution < -0.4 is 11.1 Å². The summed E-state index contributed by atoms with van der Waals surface area (Å²) in [6.07, 6.45) is 0. The second-order valence-corrected chi connectivity index (χ2v) is 4.55. The highest BCUT2D eigenvalue weighted by Crippen LogP contribution is 2.33. The summed E-state index contributed by atoms with van der Waals surface area (Å²) < 4.78 is 13.0. The minimum atomic E-state index is -0.489. The average Bonchev–Trinajstić information content (AvgIpc) is 2.28. The second-order valence-electron chi connectivity index (χ2n) is 3.74.